The van der Waals surface area contributed by atoms with Crippen molar-refractivity contribution in [2.24, 2.45) is 0 Å². The number of hydrogen-bond donors (Lipinski definition) is 2. The third-order valence-corrected chi connectivity index (χ3v) is 0. The molecule has 4 heavy (non-hydrogen) atoms. The van der Waals surface area contributed by atoms with E-state index in [0.717, 1.165) is 0 Å². The summed E-state index contributed by atoms with van der Waals surface area (Å²) in [6.07, 6.45) is -1.32. The van der Waals surface area contributed by atoms with Gasteiger partial charge in [-0.2, -0.15) is 0 Å². The first-order valence-corrected chi connectivity index (χ1v) is 0.612. The van der Waals surface area contributed by atoms with Gasteiger partial charge in [-0.15, -0.1) is 0 Å². The van der Waals surface area contributed by atoms with E-state index >= 15 is 0 Å². The first-order chi connectivity index (χ1) is 2.81. The lowest BCUT2D eigenvalue weighted by molar-refractivity contribution is 0.137. The minimum Gasteiger partial charge on any atom is -0.450 e. The first kappa shape index (κ1) is 0.924. The summed E-state index contributed by atoms with van der Waals surface area (Å²) in [5.41, 5.74) is 0. The maximum atomic E-state index is 9.36. The Morgan fingerprint density at radius 2 is 2.50 bits per heavy atom. The summed E-state index contributed by atoms with van der Waals surface area (Å²) < 4.78 is 11.4. The fraction of sp³-hybridized carbons (Fsp3) is 0. The normalized spacial score (nSPS) is 11.0. The largest absolute Gasteiger partial charge is 0.503 e. The smallest absolute Gasteiger partial charge is 0.450 e. The van der Waals surface area contributed by atoms with Crippen molar-refractivity contribution >= 4 is 6.16 Å². The Morgan fingerprint density at radius 1 is 2.00 bits per heavy atom. The van der Waals surface area contributed by atoms with E-state index in [4.69, 9.17) is 2.86 Å². The van der Waals surface area contributed by atoms with E-state index in [1.54, 1.807) is 0 Å². The molecule has 3 heteroatoms. The molecule has 0 aliphatic carbocycles. The monoisotopic (exact) mass is 64.0 g/mol. The highest BCUT2D eigenvalue weighted by Crippen LogP contribution is 1.42. The fourth-order valence-electron chi connectivity index (χ4n) is 0. The molecule has 0 aliphatic heterocycles. The van der Waals surface area contributed by atoms with Crippen molar-refractivity contribution in [2.45, 2.75) is 0 Å². The van der Waals surface area contributed by atoms with Crippen LogP contribution < -0.4 is 0 Å². The van der Waals surface area contributed by atoms with Gasteiger partial charge in [-0.05, 0) is 0 Å². The highest BCUT2D eigenvalue weighted by molar-refractivity contribution is 5.53. The van der Waals surface area contributed by atoms with Crippen molar-refractivity contribution in [3.63, 3.8) is 0 Å². The van der Waals surface area contributed by atoms with Crippen LogP contribution in [-0.4, -0.2) is 16.4 Å². The average Bonchev–Trinajstić information content (AvgIpc) is 1.65. The quantitative estimate of drug-likeness (QED) is 0.423. The highest BCUT2D eigenvalue weighted by atomic mass is 16.6. The summed E-state index contributed by atoms with van der Waals surface area (Å²) in [7, 11) is 0. The summed E-state index contributed by atoms with van der Waals surface area (Å²) in [6.45, 7) is 0. The second kappa shape index (κ2) is 0.711. The number of hydrogen-bond acceptors (Lipinski definition) is 3. The van der Waals surface area contributed by atoms with Gasteiger partial charge in [-0.3, -0.25) is 0 Å². The third-order valence-electron chi connectivity index (χ3n) is 0. The summed E-state index contributed by atoms with van der Waals surface area (Å²) in [4.78, 5) is 9.36. The number of carbonyl (C=O) groups is 1. The van der Waals surface area contributed by atoms with Gasteiger partial charge < -0.3 is 10.2 Å². The predicted octanol–water partition coefficient (Wildman–Crippen LogP) is 0.222. The zero-order valence-electron chi connectivity index (χ0n) is 3.72. The summed E-state index contributed by atoms with van der Waals surface area (Å²) in [5.74, 6) is 0. The van der Waals surface area contributed by atoms with E-state index < -0.39 is 6.16 Å². The molecule has 0 aromatic heterocycles. The highest BCUT2D eigenvalue weighted by Gasteiger charge is 1.70. The molecule has 0 atom stereocenters. The third kappa shape index (κ3) is 0.174. The van der Waals surface area contributed by atoms with Crippen molar-refractivity contribution in [1.82, 2.24) is 0 Å². The molecule has 3 nitrogen and oxygen atoms in total. The molecule has 0 aliphatic rings. The molecule has 0 fully saturated rings. The maximum absolute atomic E-state index is 9.36. The standard InChI is InChI=1S/CH2O3/c2-1(3)4/h(H2,2,3,4)/i/hD2. The van der Waals surface area contributed by atoms with E-state index in [2.05, 4.69) is 10.2 Å². The van der Waals surface area contributed by atoms with Crippen LogP contribution in [0.2, 0.25) is 0 Å². The van der Waals surface area contributed by atoms with E-state index in [1.807, 2.05) is 0 Å². The van der Waals surface area contributed by atoms with Crippen LogP contribution in [0.25, 0.3) is 2.86 Å². The van der Waals surface area contributed by atoms with Crippen LogP contribution in [0, 0.1) is 0 Å². The van der Waals surface area contributed by atoms with Crippen LogP contribution in [0.15, 0.2) is 0 Å². The fourth-order valence-corrected chi connectivity index (χ4v) is 0. The van der Waals surface area contributed by atoms with Gasteiger partial charge in [0.1, 0.15) is 0 Å². The Hall–Kier alpha value is -0.730. The lowest BCUT2D eigenvalue weighted by atomic mass is 11.5. The minimum absolute atomic E-state index is 1.32. The molecule has 0 rings (SSSR count). The van der Waals surface area contributed by atoms with E-state index in [-0.39, 0.29) is 0 Å². The Balaban J connectivity index is 2.99. The van der Waals surface area contributed by atoms with Gasteiger partial charge in [-0.1, -0.05) is 0 Å². The van der Waals surface area contributed by atoms with Gasteiger partial charge in [-0.25, -0.2) is 4.79 Å². The lowest BCUT2D eigenvalue weighted by Crippen LogP contribution is -1.81. The molecule has 0 heterocycles. The predicted molar refractivity (Wildman–Crippen MR) is 10.7 cm³/mol. The van der Waals surface area contributed by atoms with Crippen LogP contribution in [0.4, 0.5) is 4.79 Å². The minimum atomic E-state index is -1.32. The molecule has 24 valence electrons. The zero-order chi connectivity index (χ0) is 4.99. The molecular formula is CH2O3. The van der Waals surface area contributed by atoms with Crippen molar-refractivity contribution in [3.8, 4) is 0 Å². The second-order valence-corrected chi connectivity index (χ2v) is 0.250. The Labute approximate surface area is 25.5 Å². The van der Waals surface area contributed by atoms with Gasteiger partial charge in [0.15, 0.2) is 0 Å². The average molecular weight is 64.0 g/mol. The van der Waals surface area contributed by atoms with Crippen molar-refractivity contribution in [3.05, 3.63) is 0 Å². The van der Waals surface area contributed by atoms with Gasteiger partial charge >= 0.3 is 9.02 Å². The summed E-state index contributed by atoms with van der Waals surface area (Å²) in [5, 5.41) is 6.20. The first-order valence-electron chi connectivity index (χ1n) is 1.43. The zero-order valence-corrected chi connectivity index (χ0v) is 1.72. The van der Waals surface area contributed by atoms with Crippen LogP contribution >= 0.6 is 0 Å². The van der Waals surface area contributed by atoms with E-state index in [9.17, 15) is 4.79 Å². The second-order valence-electron chi connectivity index (χ2n) is 0.250. The van der Waals surface area contributed by atoms with Crippen LogP contribution in [0.5, 0.6) is 0 Å². The lowest BCUT2D eigenvalue weighted by Gasteiger charge is -1.60. The Morgan fingerprint density at radius 3 is 2.50 bits per heavy atom. The van der Waals surface area contributed by atoms with Crippen LogP contribution in [0.3, 0.4) is 0 Å². The molecule has 0 aromatic carbocycles. The molecule has 0 spiro atoms. The van der Waals surface area contributed by atoms with Crippen molar-refractivity contribution < 1.29 is 15.0 Å². The van der Waals surface area contributed by atoms with Gasteiger partial charge in [0.2, 0.25) is 0 Å². The Kier molecular flexibility index (Phi) is 0.164. The SMILES string of the molecule is [2H]OC(=O)O[2H]. The van der Waals surface area contributed by atoms with Gasteiger partial charge in [0, 0.05) is 0 Å². The number of carboxylic acid groups (broad SMARTS) is 2. The van der Waals surface area contributed by atoms with E-state index in [0.29, 0.717) is 0 Å². The molecule has 2 N–H and O–H groups in total. The maximum Gasteiger partial charge on any atom is 0.503 e. The molecule has 0 radical (unpaired) electrons. The van der Waals surface area contributed by atoms with Crippen LogP contribution in [0.1, 0.15) is 0 Å². The molecular weight excluding hydrogens is 60.0 g/mol. The van der Waals surface area contributed by atoms with Crippen molar-refractivity contribution in [1.29, 1.82) is 2.86 Å². The number of rotatable bonds is 0. The molecule has 0 unspecified atom stereocenters. The van der Waals surface area contributed by atoms with Gasteiger partial charge in [0.05, 0.1) is 0 Å². The molecule has 0 bridgehead atoms. The van der Waals surface area contributed by atoms with Gasteiger partial charge in [0.25, 0.3) is 0 Å². The summed E-state index contributed by atoms with van der Waals surface area (Å²) >= 11 is 0. The van der Waals surface area contributed by atoms with Crippen molar-refractivity contribution in [2.75, 3.05) is 0 Å². The summed E-state index contributed by atoms with van der Waals surface area (Å²) in [6, 6.07) is 0. The molecule has 0 saturated heterocycles. The molecule has 0 aromatic rings. The molecule has 0 saturated carbocycles. The Bertz CT molecular complexity index is 46.8. The van der Waals surface area contributed by atoms with Crippen LogP contribution in [-0.2, 0) is 0 Å². The van der Waals surface area contributed by atoms with E-state index in [1.165, 1.54) is 0 Å². The molecule has 0 amide bonds. The topological polar surface area (TPSA) is 57.5 Å².